The first-order valence-corrected chi connectivity index (χ1v) is 11.0. The highest BCUT2D eigenvalue weighted by Crippen LogP contribution is 2.29. The van der Waals surface area contributed by atoms with E-state index in [1.807, 2.05) is 33.8 Å². The van der Waals surface area contributed by atoms with Gasteiger partial charge in [-0.15, -0.1) is 0 Å². The van der Waals surface area contributed by atoms with Crippen molar-refractivity contribution in [3.05, 3.63) is 51.8 Å². The van der Waals surface area contributed by atoms with E-state index in [0.29, 0.717) is 29.2 Å². The number of sulfonamides is 1. The topological polar surface area (TPSA) is 90.6 Å². The number of aryl methyl sites for hydroxylation is 2. The number of ketones is 1. The second-order valence-corrected chi connectivity index (χ2v) is 9.52. The third-order valence-corrected chi connectivity index (χ3v) is 7.91. The van der Waals surface area contributed by atoms with Crippen LogP contribution in [0.25, 0.3) is 0 Å². The highest BCUT2D eigenvalue weighted by atomic mass is 32.2. The molecule has 0 spiro atoms. The number of hydrogen-bond acceptors (Lipinski definition) is 4. The molecule has 1 aliphatic rings. The summed E-state index contributed by atoms with van der Waals surface area (Å²) in [6.07, 6.45) is 1.52. The normalized spacial score (nSPS) is 15.6. The van der Waals surface area contributed by atoms with E-state index in [1.54, 1.807) is 4.90 Å². The number of amides is 1. The lowest BCUT2D eigenvalue weighted by Crippen LogP contribution is -2.50. The van der Waals surface area contributed by atoms with Crippen LogP contribution in [0.1, 0.15) is 50.0 Å². The number of aromatic amines is 1. The highest BCUT2D eigenvalue weighted by Gasteiger charge is 2.33. The molecule has 8 heteroatoms. The second kappa shape index (κ2) is 7.76. The van der Waals surface area contributed by atoms with Crippen LogP contribution in [0.5, 0.6) is 0 Å². The Kier molecular flexibility index (Phi) is 5.69. The van der Waals surface area contributed by atoms with E-state index in [-0.39, 0.29) is 24.8 Å². The number of rotatable bonds is 4. The highest BCUT2D eigenvalue weighted by molar-refractivity contribution is 7.89. The van der Waals surface area contributed by atoms with Crippen LogP contribution in [0.3, 0.4) is 0 Å². The number of nitrogens with one attached hydrogen (secondary N) is 1. The Morgan fingerprint density at radius 3 is 1.97 bits per heavy atom. The van der Waals surface area contributed by atoms with Crippen molar-refractivity contribution in [3.8, 4) is 0 Å². The molecule has 0 bridgehead atoms. The van der Waals surface area contributed by atoms with Gasteiger partial charge >= 0.3 is 0 Å². The Labute approximate surface area is 171 Å². The Balaban J connectivity index is 1.78. The van der Waals surface area contributed by atoms with Crippen LogP contribution in [-0.2, 0) is 10.0 Å². The van der Waals surface area contributed by atoms with Crippen LogP contribution in [-0.4, -0.2) is 60.5 Å². The Bertz CT molecular complexity index is 1050. The summed E-state index contributed by atoms with van der Waals surface area (Å²) in [6.45, 7) is 10.0. The Morgan fingerprint density at radius 1 is 0.931 bits per heavy atom. The smallest absolute Gasteiger partial charge is 0.270 e. The second-order valence-electron chi connectivity index (χ2n) is 7.64. The maximum atomic E-state index is 13.3. The number of benzene rings is 1. The van der Waals surface area contributed by atoms with E-state index in [9.17, 15) is 18.0 Å². The molecule has 2 heterocycles. The molecule has 1 aromatic carbocycles. The summed E-state index contributed by atoms with van der Waals surface area (Å²) >= 11 is 0. The predicted molar refractivity (Wildman–Crippen MR) is 111 cm³/mol. The average Bonchev–Trinajstić information content (AvgIpc) is 3.16. The SMILES string of the molecule is CC(=O)c1c[nH]c(C(=O)N2CCN(S(=O)(=O)c3c(C)c(C)cc(C)c3C)CC2)c1. The van der Waals surface area contributed by atoms with Crippen molar-refractivity contribution >= 4 is 21.7 Å². The van der Waals surface area contributed by atoms with Crippen molar-refractivity contribution in [3.63, 3.8) is 0 Å². The van der Waals surface area contributed by atoms with E-state index in [4.69, 9.17) is 0 Å². The molecule has 3 rings (SSSR count). The molecule has 1 N–H and O–H groups in total. The van der Waals surface area contributed by atoms with Gasteiger partial charge in [-0.3, -0.25) is 9.59 Å². The minimum Gasteiger partial charge on any atom is -0.356 e. The van der Waals surface area contributed by atoms with Gasteiger partial charge in [0.2, 0.25) is 10.0 Å². The predicted octanol–water partition coefficient (Wildman–Crippen LogP) is 2.60. The zero-order valence-electron chi connectivity index (χ0n) is 17.5. The summed E-state index contributed by atoms with van der Waals surface area (Å²) < 4.78 is 28.1. The maximum absolute atomic E-state index is 13.3. The number of carbonyl (C=O) groups is 2. The number of piperazine rings is 1. The number of carbonyl (C=O) groups excluding carboxylic acids is 2. The molecule has 29 heavy (non-hydrogen) atoms. The summed E-state index contributed by atoms with van der Waals surface area (Å²) in [7, 11) is -3.65. The first-order valence-electron chi connectivity index (χ1n) is 9.60. The fourth-order valence-electron chi connectivity index (χ4n) is 3.72. The van der Waals surface area contributed by atoms with Gasteiger partial charge in [0.15, 0.2) is 5.78 Å². The molecule has 0 unspecified atom stereocenters. The molecule has 1 amide bonds. The van der Waals surface area contributed by atoms with E-state index in [0.717, 1.165) is 22.3 Å². The number of Topliss-reactive ketones (excluding diaryl/α,β-unsaturated/α-hetero) is 1. The molecular weight excluding hydrogens is 390 g/mol. The van der Waals surface area contributed by atoms with Crippen molar-refractivity contribution in [2.75, 3.05) is 26.2 Å². The Hall–Kier alpha value is -2.45. The minimum atomic E-state index is -3.65. The van der Waals surface area contributed by atoms with Crippen LogP contribution in [0.4, 0.5) is 0 Å². The van der Waals surface area contributed by atoms with Gasteiger partial charge in [0.05, 0.1) is 4.90 Å². The van der Waals surface area contributed by atoms with E-state index in [2.05, 4.69) is 4.98 Å². The van der Waals surface area contributed by atoms with E-state index in [1.165, 1.54) is 23.5 Å². The van der Waals surface area contributed by atoms with Crippen LogP contribution >= 0.6 is 0 Å². The molecule has 1 fully saturated rings. The van der Waals surface area contributed by atoms with Crippen molar-refractivity contribution in [2.45, 2.75) is 39.5 Å². The van der Waals surface area contributed by atoms with Gasteiger partial charge in [-0.1, -0.05) is 6.07 Å². The monoisotopic (exact) mass is 417 g/mol. The number of H-pyrrole nitrogens is 1. The number of hydrogen-bond donors (Lipinski definition) is 1. The van der Waals surface area contributed by atoms with Crippen LogP contribution in [0, 0.1) is 27.7 Å². The molecule has 1 saturated heterocycles. The molecule has 0 atom stereocenters. The number of aromatic nitrogens is 1. The minimum absolute atomic E-state index is 0.115. The summed E-state index contributed by atoms with van der Waals surface area (Å²) in [5.41, 5.74) is 4.24. The summed E-state index contributed by atoms with van der Waals surface area (Å²) in [4.78, 5) is 28.9. The molecule has 1 aromatic heterocycles. The summed E-state index contributed by atoms with van der Waals surface area (Å²) in [5.74, 6) is -0.344. The van der Waals surface area contributed by atoms with Crippen LogP contribution in [0.2, 0.25) is 0 Å². The first-order chi connectivity index (χ1) is 13.5. The van der Waals surface area contributed by atoms with E-state index < -0.39 is 10.0 Å². The lowest BCUT2D eigenvalue weighted by atomic mass is 10.0. The van der Waals surface area contributed by atoms with E-state index >= 15 is 0 Å². The largest absolute Gasteiger partial charge is 0.356 e. The third-order valence-electron chi connectivity index (χ3n) is 5.74. The van der Waals surface area contributed by atoms with Crippen LogP contribution < -0.4 is 0 Å². The van der Waals surface area contributed by atoms with Crippen molar-refractivity contribution < 1.29 is 18.0 Å². The van der Waals surface area contributed by atoms with Crippen LogP contribution in [0.15, 0.2) is 23.2 Å². The maximum Gasteiger partial charge on any atom is 0.270 e. The van der Waals surface area contributed by atoms with Crippen molar-refractivity contribution in [1.82, 2.24) is 14.2 Å². The summed E-state index contributed by atoms with van der Waals surface area (Å²) in [6, 6.07) is 3.54. The number of nitrogens with zero attached hydrogens (tertiary/aromatic N) is 2. The fourth-order valence-corrected chi connectivity index (χ4v) is 5.72. The molecule has 1 aliphatic heterocycles. The Morgan fingerprint density at radius 2 is 1.48 bits per heavy atom. The first kappa shape index (κ1) is 21.3. The molecule has 7 nitrogen and oxygen atoms in total. The zero-order valence-corrected chi connectivity index (χ0v) is 18.3. The standard InChI is InChI=1S/C21H27N3O4S/c1-13-10-14(2)16(4)20(15(13)3)29(27,28)24-8-6-23(7-9-24)21(26)19-11-18(12-22-19)17(5)25/h10-12,22H,6-9H2,1-5H3. The van der Waals surface area contributed by atoms with Gasteiger partial charge in [0, 0.05) is 37.9 Å². The average molecular weight is 418 g/mol. The zero-order chi connectivity index (χ0) is 21.5. The van der Waals surface area contributed by atoms with Gasteiger partial charge < -0.3 is 9.88 Å². The molecule has 2 aromatic rings. The quantitative estimate of drug-likeness (QED) is 0.774. The molecule has 156 valence electrons. The van der Waals surface area contributed by atoms with Gasteiger partial charge in [-0.2, -0.15) is 4.31 Å². The van der Waals surface area contributed by atoms with Crippen molar-refractivity contribution in [2.24, 2.45) is 0 Å². The molecule has 0 radical (unpaired) electrons. The van der Waals surface area contributed by atoms with Gasteiger partial charge in [0.1, 0.15) is 5.69 Å². The van der Waals surface area contributed by atoms with Gasteiger partial charge in [0.25, 0.3) is 5.91 Å². The lowest BCUT2D eigenvalue weighted by molar-refractivity contribution is 0.0692. The molecule has 0 saturated carbocycles. The lowest BCUT2D eigenvalue weighted by Gasteiger charge is -2.34. The van der Waals surface area contributed by atoms with Crippen molar-refractivity contribution in [1.29, 1.82) is 0 Å². The molecular formula is C21H27N3O4S. The van der Waals surface area contributed by atoms with Gasteiger partial charge in [-0.05, 0) is 62.9 Å². The van der Waals surface area contributed by atoms with Gasteiger partial charge in [-0.25, -0.2) is 8.42 Å². The summed E-state index contributed by atoms with van der Waals surface area (Å²) in [5, 5.41) is 0. The fraction of sp³-hybridized carbons (Fsp3) is 0.429. The molecule has 0 aliphatic carbocycles. The third kappa shape index (κ3) is 3.86.